The van der Waals surface area contributed by atoms with E-state index in [0.717, 1.165) is 34.7 Å². The number of aliphatic hydroxyl groups excluding tert-OH is 1. The van der Waals surface area contributed by atoms with Gasteiger partial charge in [0.05, 0.1) is 22.7 Å². The smallest absolute Gasteiger partial charge is 0.274 e. The predicted molar refractivity (Wildman–Crippen MR) is 78.1 cm³/mol. The summed E-state index contributed by atoms with van der Waals surface area (Å²) in [6.45, 7) is 2.40. The molecule has 3 N–H and O–H groups in total. The van der Waals surface area contributed by atoms with Gasteiger partial charge in [-0.25, -0.2) is 4.98 Å². The van der Waals surface area contributed by atoms with Crippen LogP contribution in [0.1, 0.15) is 12.8 Å². The molecule has 2 heterocycles. The van der Waals surface area contributed by atoms with Crippen molar-refractivity contribution in [3.05, 3.63) is 12.1 Å². The second-order valence-electron chi connectivity index (χ2n) is 4.60. The number of hydrogen-bond acceptors (Lipinski definition) is 6. The molecule has 6 heteroatoms. The topological polar surface area (TPSA) is 71.6 Å². The summed E-state index contributed by atoms with van der Waals surface area (Å²) in [4.78, 5) is 6.86. The number of aliphatic hydroxyl groups is 1. The Kier molecular flexibility index (Phi) is 3.44. The quantitative estimate of drug-likeness (QED) is 0.836. The molecule has 2 aromatic rings. The molecule has 5 nitrogen and oxygen atoms in total. The number of nitrogen functional groups attached to an aromatic ring is 1. The summed E-state index contributed by atoms with van der Waals surface area (Å²) in [6.07, 6.45) is 2.45. The fraction of sp³-hybridized carbons (Fsp3) is 0.462. The maximum Gasteiger partial charge on any atom is 0.274 e. The first-order chi connectivity index (χ1) is 9.29. The van der Waals surface area contributed by atoms with Gasteiger partial charge in [-0.3, -0.25) is 0 Å². The highest BCUT2D eigenvalue weighted by atomic mass is 32.1. The first-order valence-electron chi connectivity index (χ1n) is 6.47. The van der Waals surface area contributed by atoms with Crippen molar-refractivity contribution in [1.82, 2.24) is 4.98 Å². The van der Waals surface area contributed by atoms with Gasteiger partial charge >= 0.3 is 0 Å². The highest BCUT2D eigenvalue weighted by molar-refractivity contribution is 7.21. The molecular formula is C13H17N3O2S. The number of nitrogens with zero attached hydrogens (tertiary/aromatic N) is 2. The van der Waals surface area contributed by atoms with Crippen LogP contribution < -0.4 is 15.4 Å². The maximum atomic E-state index is 8.80. The van der Waals surface area contributed by atoms with Gasteiger partial charge < -0.3 is 20.5 Å². The van der Waals surface area contributed by atoms with E-state index >= 15 is 0 Å². The van der Waals surface area contributed by atoms with E-state index in [2.05, 4.69) is 9.88 Å². The maximum absolute atomic E-state index is 8.80. The monoisotopic (exact) mass is 279 g/mol. The number of thiazole rings is 1. The van der Waals surface area contributed by atoms with Crippen molar-refractivity contribution in [2.75, 3.05) is 36.9 Å². The normalized spacial score (nSPS) is 15.3. The molecule has 1 saturated heterocycles. The SMILES string of the molecule is Nc1ccc(N2CCCC2)c2nc(OCCO)sc12. The summed E-state index contributed by atoms with van der Waals surface area (Å²) in [6, 6.07) is 3.97. The van der Waals surface area contributed by atoms with Crippen molar-refractivity contribution >= 4 is 32.9 Å². The highest BCUT2D eigenvalue weighted by Crippen LogP contribution is 2.38. The second kappa shape index (κ2) is 5.22. The van der Waals surface area contributed by atoms with Gasteiger partial charge in [0.15, 0.2) is 0 Å². The van der Waals surface area contributed by atoms with Crippen LogP contribution in [-0.2, 0) is 0 Å². The third-order valence-corrected chi connectivity index (χ3v) is 4.31. The van der Waals surface area contributed by atoms with Crippen molar-refractivity contribution in [2.45, 2.75) is 12.8 Å². The molecule has 0 amide bonds. The van der Waals surface area contributed by atoms with Crippen LogP contribution in [0.15, 0.2) is 12.1 Å². The third-order valence-electron chi connectivity index (χ3n) is 3.30. The molecule has 0 unspecified atom stereocenters. The Morgan fingerprint density at radius 2 is 2.16 bits per heavy atom. The summed E-state index contributed by atoms with van der Waals surface area (Å²) in [5.41, 5.74) is 8.80. The molecule has 1 aromatic carbocycles. The average Bonchev–Trinajstić information content (AvgIpc) is 3.06. The van der Waals surface area contributed by atoms with Crippen LogP contribution in [0.3, 0.4) is 0 Å². The van der Waals surface area contributed by atoms with Crippen LogP contribution in [0.25, 0.3) is 10.2 Å². The number of aromatic nitrogens is 1. The minimum absolute atomic E-state index is 0.00953. The van der Waals surface area contributed by atoms with E-state index < -0.39 is 0 Å². The molecule has 19 heavy (non-hydrogen) atoms. The first-order valence-corrected chi connectivity index (χ1v) is 7.29. The van der Waals surface area contributed by atoms with E-state index in [9.17, 15) is 0 Å². The molecule has 0 spiro atoms. The minimum Gasteiger partial charge on any atom is -0.468 e. The number of benzene rings is 1. The molecule has 1 aromatic heterocycles. The Morgan fingerprint density at radius 3 is 2.89 bits per heavy atom. The Bertz CT molecular complexity index is 579. The molecule has 0 bridgehead atoms. The zero-order valence-corrected chi connectivity index (χ0v) is 11.4. The number of rotatable bonds is 4. The van der Waals surface area contributed by atoms with Crippen LogP contribution >= 0.6 is 11.3 Å². The van der Waals surface area contributed by atoms with E-state index in [1.165, 1.54) is 24.2 Å². The zero-order chi connectivity index (χ0) is 13.2. The lowest BCUT2D eigenvalue weighted by molar-refractivity contribution is 0.201. The predicted octanol–water partition coefficient (Wildman–Crippen LogP) is 1.85. The van der Waals surface area contributed by atoms with E-state index in [-0.39, 0.29) is 13.2 Å². The Morgan fingerprint density at radius 1 is 1.37 bits per heavy atom. The number of nitrogens with two attached hydrogens (primary N) is 1. The summed E-state index contributed by atoms with van der Waals surface area (Å²) >= 11 is 1.44. The minimum atomic E-state index is -0.00953. The second-order valence-corrected chi connectivity index (χ2v) is 5.56. The number of hydrogen-bond donors (Lipinski definition) is 2. The van der Waals surface area contributed by atoms with Crippen molar-refractivity contribution in [3.63, 3.8) is 0 Å². The van der Waals surface area contributed by atoms with E-state index in [1.807, 2.05) is 12.1 Å². The standard InChI is InChI=1S/C13H17N3O2S/c14-9-3-4-10(16-5-1-2-6-16)11-12(9)19-13(15-11)18-8-7-17/h3-4,17H,1-2,5-8,14H2. The number of ether oxygens (including phenoxy) is 1. The van der Waals surface area contributed by atoms with Gasteiger partial charge in [-0.2, -0.15) is 0 Å². The van der Waals surface area contributed by atoms with Crippen molar-refractivity contribution in [3.8, 4) is 5.19 Å². The third kappa shape index (κ3) is 2.33. The van der Waals surface area contributed by atoms with Gasteiger partial charge in [-0.1, -0.05) is 11.3 Å². The molecule has 102 valence electrons. The molecule has 0 atom stereocenters. The van der Waals surface area contributed by atoms with E-state index in [1.54, 1.807) is 0 Å². The Hall–Kier alpha value is -1.53. The summed E-state index contributed by atoms with van der Waals surface area (Å²) in [5, 5.41) is 9.37. The Labute approximate surface area is 115 Å². The largest absolute Gasteiger partial charge is 0.468 e. The summed E-state index contributed by atoms with van der Waals surface area (Å²) in [7, 11) is 0. The summed E-state index contributed by atoms with van der Waals surface area (Å²) < 4.78 is 6.37. The van der Waals surface area contributed by atoms with Crippen LogP contribution in [0.5, 0.6) is 5.19 Å². The highest BCUT2D eigenvalue weighted by Gasteiger charge is 2.19. The van der Waals surface area contributed by atoms with Gasteiger partial charge in [0.1, 0.15) is 12.1 Å². The van der Waals surface area contributed by atoms with Gasteiger partial charge in [-0.05, 0) is 25.0 Å². The molecule has 1 fully saturated rings. The van der Waals surface area contributed by atoms with Crippen LogP contribution in [0.2, 0.25) is 0 Å². The molecule has 3 rings (SSSR count). The molecule has 0 aliphatic carbocycles. The van der Waals surface area contributed by atoms with Crippen molar-refractivity contribution in [2.24, 2.45) is 0 Å². The number of anilines is 2. The van der Waals surface area contributed by atoms with Gasteiger partial charge in [0.25, 0.3) is 5.19 Å². The van der Waals surface area contributed by atoms with Gasteiger partial charge in [0.2, 0.25) is 0 Å². The lowest BCUT2D eigenvalue weighted by Gasteiger charge is -2.18. The fourth-order valence-corrected chi connectivity index (χ4v) is 3.29. The van der Waals surface area contributed by atoms with Crippen molar-refractivity contribution in [1.29, 1.82) is 0 Å². The van der Waals surface area contributed by atoms with Crippen LogP contribution in [0.4, 0.5) is 11.4 Å². The summed E-state index contributed by atoms with van der Waals surface area (Å²) in [5.74, 6) is 0. The van der Waals surface area contributed by atoms with Crippen LogP contribution in [0, 0.1) is 0 Å². The van der Waals surface area contributed by atoms with E-state index in [4.69, 9.17) is 15.6 Å². The van der Waals surface area contributed by atoms with Gasteiger partial charge in [-0.15, -0.1) is 0 Å². The lowest BCUT2D eigenvalue weighted by Crippen LogP contribution is -2.17. The fourth-order valence-electron chi connectivity index (χ4n) is 2.40. The average molecular weight is 279 g/mol. The lowest BCUT2D eigenvalue weighted by atomic mass is 10.2. The Balaban J connectivity index is 2.02. The van der Waals surface area contributed by atoms with E-state index in [0.29, 0.717) is 5.19 Å². The molecule has 1 aliphatic heterocycles. The van der Waals surface area contributed by atoms with Crippen LogP contribution in [-0.4, -0.2) is 36.4 Å². The molecule has 0 saturated carbocycles. The zero-order valence-electron chi connectivity index (χ0n) is 10.6. The first kappa shape index (κ1) is 12.5. The molecule has 1 aliphatic rings. The van der Waals surface area contributed by atoms with Gasteiger partial charge in [0, 0.05) is 13.1 Å². The van der Waals surface area contributed by atoms with Crippen molar-refractivity contribution < 1.29 is 9.84 Å². The molecule has 0 radical (unpaired) electrons. The number of fused-ring (bicyclic) bond motifs is 1. The molecular weight excluding hydrogens is 262 g/mol.